The van der Waals surface area contributed by atoms with Gasteiger partial charge in [0.2, 0.25) is 0 Å². The predicted molar refractivity (Wildman–Crippen MR) is 106 cm³/mol. The van der Waals surface area contributed by atoms with Gasteiger partial charge in [-0.15, -0.1) is 0 Å². The van der Waals surface area contributed by atoms with Gasteiger partial charge in [-0.1, -0.05) is 30.3 Å². The number of likely N-dealkylation sites (N-methyl/N-ethyl adjacent to an activating group) is 1. The summed E-state index contributed by atoms with van der Waals surface area (Å²) in [4.78, 5) is 7.73. The van der Waals surface area contributed by atoms with Crippen LogP contribution >= 0.6 is 0 Å². The van der Waals surface area contributed by atoms with Gasteiger partial charge in [-0.25, -0.2) is 0 Å². The number of fused-ring (bicyclic) bond motifs is 3. The molecule has 0 aliphatic carbocycles. The molecule has 1 fully saturated rings. The average molecular weight is 349 g/mol. The van der Waals surface area contributed by atoms with Crippen molar-refractivity contribution in [1.82, 2.24) is 4.90 Å². The topological polar surface area (TPSA) is 19.0 Å². The van der Waals surface area contributed by atoms with Crippen molar-refractivity contribution in [2.24, 2.45) is 0 Å². The van der Waals surface area contributed by atoms with E-state index < -0.39 is 0 Å². The zero-order valence-electron chi connectivity index (χ0n) is 15.7. The third kappa shape index (κ3) is 2.39. The maximum absolute atomic E-state index is 5.56. The van der Waals surface area contributed by atoms with Crippen LogP contribution in [0.1, 0.15) is 23.5 Å². The first-order chi connectivity index (χ1) is 12.8. The highest BCUT2D eigenvalue weighted by Crippen LogP contribution is 2.50. The maximum atomic E-state index is 5.56. The summed E-state index contributed by atoms with van der Waals surface area (Å²) < 4.78 is 5.56. The number of hydrogen-bond donors (Lipinski definition) is 0. The van der Waals surface area contributed by atoms with Crippen molar-refractivity contribution in [2.75, 3.05) is 50.1 Å². The second-order valence-electron chi connectivity index (χ2n) is 7.84. The van der Waals surface area contributed by atoms with Gasteiger partial charge < -0.3 is 14.5 Å². The van der Waals surface area contributed by atoms with Crippen LogP contribution in [0.5, 0.6) is 5.75 Å². The lowest BCUT2D eigenvalue weighted by Gasteiger charge is -2.41. The summed E-state index contributed by atoms with van der Waals surface area (Å²) in [6.07, 6.45) is 1.25. The van der Waals surface area contributed by atoms with Gasteiger partial charge in [-0.05, 0) is 24.1 Å². The molecule has 0 saturated carbocycles. The molecule has 2 unspecified atom stereocenters. The quantitative estimate of drug-likeness (QED) is 0.846. The van der Waals surface area contributed by atoms with Crippen molar-refractivity contribution in [3.63, 3.8) is 0 Å². The van der Waals surface area contributed by atoms with E-state index in [1.807, 2.05) is 6.07 Å². The Hall–Kier alpha value is -2.20. The van der Waals surface area contributed by atoms with E-state index in [4.69, 9.17) is 4.74 Å². The molecule has 4 heteroatoms. The Balaban J connectivity index is 1.42. The molecule has 0 spiro atoms. The Kier molecular flexibility index (Phi) is 3.82. The van der Waals surface area contributed by atoms with Crippen LogP contribution in [-0.2, 0) is 6.54 Å². The number of rotatable bonds is 3. The van der Waals surface area contributed by atoms with Crippen molar-refractivity contribution in [3.05, 3.63) is 53.6 Å². The molecular weight excluding hydrogens is 322 g/mol. The van der Waals surface area contributed by atoms with Crippen LogP contribution in [0.15, 0.2) is 42.5 Å². The van der Waals surface area contributed by atoms with Crippen LogP contribution < -0.4 is 14.5 Å². The van der Waals surface area contributed by atoms with E-state index in [-0.39, 0.29) is 0 Å². The van der Waals surface area contributed by atoms with E-state index in [0.717, 1.165) is 38.5 Å². The number of nitrogens with zero attached hydrogens (tertiary/aromatic N) is 3. The van der Waals surface area contributed by atoms with E-state index in [1.54, 1.807) is 12.7 Å². The minimum atomic E-state index is 0.625. The molecule has 26 heavy (non-hydrogen) atoms. The third-order valence-electron chi connectivity index (χ3n) is 6.47. The Morgan fingerprint density at radius 2 is 1.92 bits per heavy atom. The fourth-order valence-corrected chi connectivity index (χ4v) is 5.19. The standard InChI is InChI=1S/C22H27N3O/c1-23-12-13-25-19-10-11-24(14-16-6-3-4-9-21(16)26-2)15-18(19)17-7-5-8-20(23)22(17)25/h3-9,18-19H,10-15H2,1-2H3. The summed E-state index contributed by atoms with van der Waals surface area (Å²) in [7, 11) is 3.99. The second-order valence-corrected chi connectivity index (χ2v) is 7.84. The van der Waals surface area contributed by atoms with Gasteiger partial charge in [0.05, 0.1) is 18.5 Å². The summed E-state index contributed by atoms with van der Waals surface area (Å²) in [6.45, 7) is 5.56. The Bertz CT molecular complexity index is 821. The highest BCUT2D eigenvalue weighted by molar-refractivity contribution is 5.80. The van der Waals surface area contributed by atoms with Crippen LogP contribution in [0.2, 0.25) is 0 Å². The van der Waals surface area contributed by atoms with Crippen LogP contribution in [-0.4, -0.2) is 51.3 Å². The molecule has 2 aromatic rings. The van der Waals surface area contributed by atoms with Crippen LogP contribution in [0.3, 0.4) is 0 Å². The normalized spacial score (nSPS) is 24.4. The van der Waals surface area contributed by atoms with Gasteiger partial charge in [0.15, 0.2) is 0 Å². The molecule has 4 nitrogen and oxygen atoms in total. The predicted octanol–water partition coefficient (Wildman–Crippen LogP) is 3.32. The molecule has 0 amide bonds. The Morgan fingerprint density at radius 3 is 2.81 bits per heavy atom. The number of para-hydroxylation sites is 2. The minimum absolute atomic E-state index is 0.625. The van der Waals surface area contributed by atoms with Gasteiger partial charge in [-0.2, -0.15) is 0 Å². The molecule has 1 saturated heterocycles. The number of methoxy groups -OCH3 is 1. The fourth-order valence-electron chi connectivity index (χ4n) is 5.19. The molecule has 3 aliphatic rings. The summed E-state index contributed by atoms with van der Waals surface area (Å²) in [5, 5.41) is 0. The summed E-state index contributed by atoms with van der Waals surface area (Å²) in [5.41, 5.74) is 5.78. The lowest BCUT2D eigenvalue weighted by atomic mass is 9.88. The fraction of sp³-hybridized carbons (Fsp3) is 0.455. The van der Waals surface area contributed by atoms with Crippen molar-refractivity contribution in [3.8, 4) is 5.75 Å². The SMILES string of the molecule is COc1ccccc1CN1CCC2C(C1)c1cccc3c1N2CCN3C. The summed E-state index contributed by atoms with van der Waals surface area (Å²) >= 11 is 0. The zero-order chi connectivity index (χ0) is 17.7. The molecule has 5 rings (SSSR count). The monoisotopic (exact) mass is 349 g/mol. The van der Waals surface area contributed by atoms with Gasteiger partial charge in [0.1, 0.15) is 5.75 Å². The molecule has 3 heterocycles. The molecule has 0 radical (unpaired) electrons. The van der Waals surface area contributed by atoms with Crippen molar-refractivity contribution in [2.45, 2.75) is 24.9 Å². The second kappa shape index (κ2) is 6.20. The smallest absolute Gasteiger partial charge is 0.123 e. The van der Waals surface area contributed by atoms with E-state index in [0.29, 0.717) is 12.0 Å². The summed E-state index contributed by atoms with van der Waals surface area (Å²) in [5.74, 6) is 1.63. The molecule has 136 valence electrons. The van der Waals surface area contributed by atoms with Crippen LogP contribution in [0, 0.1) is 0 Å². The van der Waals surface area contributed by atoms with Crippen LogP contribution in [0.25, 0.3) is 0 Å². The molecule has 0 bridgehead atoms. The van der Waals surface area contributed by atoms with Gasteiger partial charge >= 0.3 is 0 Å². The third-order valence-corrected chi connectivity index (χ3v) is 6.47. The maximum Gasteiger partial charge on any atom is 0.123 e. The Labute approximate surface area is 156 Å². The van der Waals surface area contributed by atoms with Gasteiger partial charge in [-0.3, -0.25) is 4.90 Å². The molecular formula is C22H27N3O. The number of piperidine rings is 1. The van der Waals surface area contributed by atoms with E-state index in [9.17, 15) is 0 Å². The van der Waals surface area contributed by atoms with E-state index >= 15 is 0 Å². The van der Waals surface area contributed by atoms with E-state index in [2.05, 4.69) is 58.1 Å². The number of anilines is 2. The highest BCUT2D eigenvalue weighted by Gasteiger charge is 2.44. The van der Waals surface area contributed by atoms with Gasteiger partial charge in [0.25, 0.3) is 0 Å². The average Bonchev–Trinajstić information content (AvgIpc) is 3.00. The zero-order valence-corrected chi connectivity index (χ0v) is 15.7. The summed E-state index contributed by atoms with van der Waals surface area (Å²) in [6, 6.07) is 16.0. The molecule has 0 aromatic heterocycles. The molecule has 2 atom stereocenters. The van der Waals surface area contributed by atoms with Crippen molar-refractivity contribution >= 4 is 11.4 Å². The number of hydrogen-bond acceptors (Lipinski definition) is 4. The lowest BCUT2D eigenvalue weighted by Crippen LogP contribution is -2.49. The largest absolute Gasteiger partial charge is 0.496 e. The van der Waals surface area contributed by atoms with Crippen LogP contribution in [0.4, 0.5) is 11.4 Å². The lowest BCUT2D eigenvalue weighted by molar-refractivity contribution is 0.184. The highest BCUT2D eigenvalue weighted by atomic mass is 16.5. The molecule has 0 N–H and O–H groups in total. The number of likely N-dealkylation sites (tertiary alicyclic amines) is 1. The first-order valence-electron chi connectivity index (χ1n) is 9.71. The first-order valence-corrected chi connectivity index (χ1v) is 9.71. The molecule has 3 aliphatic heterocycles. The number of benzene rings is 2. The van der Waals surface area contributed by atoms with Gasteiger partial charge in [0, 0.05) is 57.3 Å². The Morgan fingerprint density at radius 1 is 1.04 bits per heavy atom. The molecule has 2 aromatic carbocycles. The first kappa shape index (κ1) is 16.0. The van der Waals surface area contributed by atoms with E-state index in [1.165, 1.54) is 23.4 Å². The number of ether oxygens (including phenoxy) is 1. The van der Waals surface area contributed by atoms with Crippen molar-refractivity contribution < 1.29 is 4.74 Å². The minimum Gasteiger partial charge on any atom is -0.496 e. The van der Waals surface area contributed by atoms with Crippen molar-refractivity contribution in [1.29, 1.82) is 0 Å².